The summed E-state index contributed by atoms with van der Waals surface area (Å²) in [4.78, 5) is 21.5. The van der Waals surface area contributed by atoms with Gasteiger partial charge >= 0.3 is 5.97 Å². The highest BCUT2D eigenvalue weighted by molar-refractivity contribution is 5.81. The number of halogens is 3. The van der Waals surface area contributed by atoms with Crippen molar-refractivity contribution in [1.82, 2.24) is 9.97 Å². The summed E-state index contributed by atoms with van der Waals surface area (Å²) in [5.41, 5.74) is 0.0297. The first-order valence-corrected chi connectivity index (χ1v) is 15.5. The number of alkyl halides is 3. The molecule has 0 N–H and O–H groups in total. The van der Waals surface area contributed by atoms with Crippen LogP contribution in [0, 0.1) is 0 Å². The van der Waals surface area contributed by atoms with Gasteiger partial charge in [0.1, 0.15) is 23.8 Å². The van der Waals surface area contributed by atoms with Gasteiger partial charge in [-0.2, -0.15) is 0 Å². The molecule has 1 aromatic heterocycles. The fourth-order valence-electron chi connectivity index (χ4n) is 4.79. The number of carbonyl (C=O) groups excluding carboxylic acids is 1. The summed E-state index contributed by atoms with van der Waals surface area (Å²) < 4.78 is 54.7. The minimum absolute atomic E-state index is 0.136. The molecule has 4 unspecified atom stereocenters. The van der Waals surface area contributed by atoms with E-state index in [0.29, 0.717) is 35.5 Å². The minimum atomic E-state index is -2.04. The van der Waals surface area contributed by atoms with Crippen molar-refractivity contribution in [2.24, 2.45) is 0 Å². The predicted molar refractivity (Wildman–Crippen MR) is 165 cm³/mol. The molecular weight excluding hydrogens is 553 g/mol. The first-order valence-electron chi connectivity index (χ1n) is 15.5. The third kappa shape index (κ3) is 10.4. The smallest absolute Gasteiger partial charge is 0.348 e. The molecule has 0 radical (unpaired) electrons. The van der Waals surface area contributed by atoms with Crippen LogP contribution in [0.25, 0.3) is 22.5 Å². The van der Waals surface area contributed by atoms with Gasteiger partial charge in [-0.1, -0.05) is 76.6 Å². The number of para-hydroxylation sites is 1. The van der Waals surface area contributed by atoms with Crippen LogP contribution in [0.1, 0.15) is 91.9 Å². The molecule has 0 saturated carbocycles. The van der Waals surface area contributed by atoms with Crippen molar-refractivity contribution in [1.29, 1.82) is 0 Å². The van der Waals surface area contributed by atoms with Gasteiger partial charge in [-0.3, -0.25) is 0 Å². The Balaban J connectivity index is 1.65. The molecule has 43 heavy (non-hydrogen) atoms. The number of benzene rings is 2. The highest BCUT2D eigenvalue weighted by Crippen LogP contribution is 2.32. The molecule has 3 aromatic rings. The molecule has 0 aliphatic heterocycles. The molecular formula is C35H45F3N2O3. The van der Waals surface area contributed by atoms with Gasteiger partial charge in [0.05, 0.1) is 5.56 Å². The number of hydrogen-bond acceptors (Lipinski definition) is 5. The number of aromatic nitrogens is 2. The zero-order valence-electron chi connectivity index (χ0n) is 25.8. The van der Waals surface area contributed by atoms with E-state index in [-0.39, 0.29) is 12.2 Å². The highest BCUT2D eigenvalue weighted by atomic mass is 19.2. The largest absolute Gasteiger partial charge is 0.487 e. The SMILES string of the molecule is CCCCCCCCC(C)(F)C(=O)Oc1ccc(-c2cnc(-c3ccccc3OC(CCCC)C(F)C(C)F)nc2)cc1. The molecule has 0 amide bonds. The second-order valence-corrected chi connectivity index (χ2v) is 11.3. The van der Waals surface area contributed by atoms with Crippen LogP contribution in [0.2, 0.25) is 0 Å². The normalized spacial score (nSPS) is 14.9. The summed E-state index contributed by atoms with van der Waals surface area (Å²) in [5.74, 6) is 0.146. The van der Waals surface area contributed by atoms with Gasteiger partial charge in [-0.25, -0.2) is 27.9 Å². The lowest BCUT2D eigenvalue weighted by molar-refractivity contribution is -0.147. The molecule has 1 heterocycles. The third-order valence-electron chi connectivity index (χ3n) is 7.52. The van der Waals surface area contributed by atoms with E-state index in [1.54, 1.807) is 60.9 Å². The van der Waals surface area contributed by atoms with E-state index in [4.69, 9.17) is 9.47 Å². The topological polar surface area (TPSA) is 61.3 Å². The Bertz CT molecular complexity index is 1250. The number of unbranched alkanes of at least 4 members (excludes halogenated alkanes) is 6. The van der Waals surface area contributed by atoms with Crippen LogP contribution in [0.4, 0.5) is 13.2 Å². The lowest BCUT2D eigenvalue weighted by Crippen LogP contribution is -2.34. The van der Waals surface area contributed by atoms with Crippen molar-refractivity contribution in [3.63, 3.8) is 0 Å². The zero-order chi connectivity index (χ0) is 31.2. The Morgan fingerprint density at radius 1 is 0.860 bits per heavy atom. The van der Waals surface area contributed by atoms with Crippen molar-refractivity contribution in [3.8, 4) is 34.0 Å². The molecule has 8 heteroatoms. The van der Waals surface area contributed by atoms with Crippen LogP contribution in [0.3, 0.4) is 0 Å². The fraction of sp³-hybridized carbons (Fsp3) is 0.514. The van der Waals surface area contributed by atoms with Crippen LogP contribution in [0.5, 0.6) is 11.5 Å². The first kappa shape index (κ1) is 34.1. The molecule has 3 rings (SSSR count). The van der Waals surface area contributed by atoms with Crippen molar-refractivity contribution >= 4 is 5.97 Å². The Morgan fingerprint density at radius 3 is 2.14 bits per heavy atom. The van der Waals surface area contributed by atoms with Crippen molar-refractivity contribution in [2.75, 3.05) is 0 Å². The van der Waals surface area contributed by atoms with Crippen molar-refractivity contribution in [2.45, 2.75) is 116 Å². The van der Waals surface area contributed by atoms with E-state index in [0.717, 1.165) is 44.1 Å². The second kappa shape index (κ2) is 17.0. The lowest BCUT2D eigenvalue weighted by atomic mass is 9.99. The Kier molecular flexibility index (Phi) is 13.5. The molecule has 0 spiro atoms. The van der Waals surface area contributed by atoms with E-state index in [1.165, 1.54) is 20.3 Å². The Morgan fingerprint density at radius 2 is 1.49 bits per heavy atom. The molecule has 234 valence electrons. The van der Waals surface area contributed by atoms with Crippen molar-refractivity contribution in [3.05, 3.63) is 60.9 Å². The van der Waals surface area contributed by atoms with Gasteiger partial charge < -0.3 is 9.47 Å². The van der Waals surface area contributed by atoms with Gasteiger partial charge in [-0.05, 0) is 69.4 Å². The molecule has 4 atom stereocenters. The van der Waals surface area contributed by atoms with Crippen LogP contribution in [-0.2, 0) is 4.79 Å². The molecule has 0 saturated heterocycles. The molecule has 2 aromatic carbocycles. The summed E-state index contributed by atoms with van der Waals surface area (Å²) in [6.07, 6.45) is 7.13. The summed E-state index contributed by atoms with van der Waals surface area (Å²) in [6.45, 7) is 6.62. The number of carbonyl (C=O) groups is 1. The summed E-state index contributed by atoms with van der Waals surface area (Å²) in [5, 5.41) is 0. The lowest BCUT2D eigenvalue weighted by Gasteiger charge is -2.24. The highest BCUT2D eigenvalue weighted by Gasteiger charge is 2.34. The fourth-order valence-corrected chi connectivity index (χ4v) is 4.79. The van der Waals surface area contributed by atoms with Crippen LogP contribution in [-0.4, -0.2) is 40.1 Å². The van der Waals surface area contributed by atoms with Crippen LogP contribution in [0.15, 0.2) is 60.9 Å². The number of hydrogen-bond donors (Lipinski definition) is 0. The van der Waals surface area contributed by atoms with Crippen molar-refractivity contribution < 1.29 is 27.4 Å². The predicted octanol–water partition coefficient (Wildman–Crippen LogP) is 9.83. The minimum Gasteiger partial charge on any atom is -0.487 e. The molecule has 0 fully saturated rings. The zero-order valence-corrected chi connectivity index (χ0v) is 25.8. The second-order valence-electron chi connectivity index (χ2n) is 11.3. The maximum absolute atomic E-state index is 15.0. The quantitative estimate of drug-likeness (QED) is 0.0829. The number of nitrogens with zero attached hydrogens (tertiary/aromatic N) is 2. The Hall–Kier alpha value is -3.42. The average Bonchev–Trinajstić information content (AvgIpc) is 3.01. The molecule has 0 bridgehead atoms. The Labute approximate surface area is 254 Å². The number of esters is 1. The van der Waals surface area contributed by atoms with E-state index < -0.39 is 30.1 Å². The summed E-state index contributed by atoms with van der Waals surface area (Å²) in [7, 11) is 0. The van der Waals surface area contributed by atoms with Gasteiger partial charge in [0.25, 0.3) is 0 Å². The summed E-state index contributed by atoms with van der Waals surface area (Å²) >= 11 is 0. The van der Waals surface area contributed by atoms with Gasteiger partial charge in [0.15, 0.2) is 12.0 Å². The monoisotopic (exact) mass is 598 g/mol. The maximum Gasteiger partial charge on any atom is 0.348 e. The standard InChI is InChI=1S/C35H45F3N2O3/c1-5-7-9-10-11-14-22-35(4,38)34(41)42-28-20-18-26(19-21-28)27-23-39-33(40-24-27)29-15-12-13-17-30(29)43-31(16-8-6-2)32(37)25(3)36/h12-13,15,17-21,23-25,31-32H,5-11,14,16,22H2,1-4H3. The van der Waals surface area contributed by atoms with E-state index >= 15 is 0 Å². The first-order chi connectivity index (χ1) is 20.7. The van der Waals surface area contributed by atoms with Gasteiger partial charge in [0.2, 0.25) is 5.67 Å². The molecule has 0 aliphatic carbocycles. The van der Waals surface area contributed by atoms with Crippen LogP contribution >= 0.6 is 0 Å². The molecule has 0 aliphatic rings. The van der Waals surface area contributed by atoms with Gasteiger partial charge in [-0.15, -0.1) is 0 Å². The average molecular weight is 599 g/mol. The third-order valence-corrected chi connectivity index (χ3v) is 7.52. The number of rotatable bonds is 18. The summed E-state index contributed by atoms with van der Waals surface area (Å²) in [6, 6.07) is 13.8. The van der Waals surface area contributed by atoms with E-state index in [2.05, 4.69) is 16.9 Å². The van der Waals surface area contributed by atoms with E-state index in [1.807, 2.05) is 6.92 Å². The number of ether oxygens (including phenoxy) is 2. The van der Waals surface area contributed by atoms with Gasteiger partial charge in [0, 0.05) is 18.0 Å². The maximum atomic E-state index is 15.0. The molecule has 5 nitrogen and oxygen atoms in total. The van der Waals surface area contributed by atoms with E-state index in [9.17, 15) is 18.0 Å². The van der Waals surface area contributed by atoms with Crippen LogP contribution < -0.4 is 9.47 Å².